The molecule has 0 radical (unpaired) electrons. The first-order chi connectivity index (χ1) is 19.1. The van der Waals surface area contributed by atoms with Crippen molar-refractivity contribution in [1.29, 1.82) is 10.5 Å². The molecule has 206 valence electrons. The van der Waals surface area contributed by atoms with E-state index in [4.69, 9.17) is 35.9 Å². The molecule has 15 heteroatoms. The predicted octanol–water partition coefficient (Wildman–Crippen LogP) is 6.13. The molecular weight excluding hydrogens is 607 g/mol. The number of sulfonamides is 1. The number of nitrogens with one attached hydrogen (secondary N) is 1. The monoisotopic (exact) mass is 623 g/mol. The first-order valence-corrected chi connectivity index (χ1v) is 15.7. The Morgan fingerprint density at radius 2 is 1.48 bits per heavy atom. The van der Waals surface area contributed by atoms with Crippen LogP contribution in [0.2, 0.25) is 0 Å². The fraction of sp³-hybridized carbons (Fsp3) is 0.120. The molecule has 4 rings (SSSR count). The molecule has 0 amide bonds. The van der Waals surface area contributed by atoms with Gasteiger partial charge in [-0.15, -0.1) is 22.9 Å². The number of halogens is 3. The Morgan fingerprint density at radius 1 is 0.900 bits per heavy atom. The third-order valence-corrected chi connectivity index (χ3v) is 10.0. The van der Waals surface area contributed by atoms with E-state index >= 15 is 0 Å². The standard InChI is InChI=1S/C25H17ClF2N3O6PS2/c26-7-8-35-19-5-6-24-18(9-19)10-25(39-24)40(33,34)31-15-38(32,36-20-3-1-16(13-29)22(27)11-20)37-21-4-2-17(14-30)23(28)12-21/h1-6,9-12,31H,7-8,15H2. The highest BCUT2D eigenvalue weighted by Gasteiger charge is 2.32. The van der Waals surface area contributed by atoms with Gasteiger partial charge in [-0.3, -0.25) is 0 Å². The molecule has 1 N–H and O–H groups in total. The number of fused-ring (bicyclic) bond motifs is 1. The van der Waals surface area contributed by atoms with E-state index in [9.17, 15) is 21.8 Å². The number of hydrogen-bond acceptors (Lipinski definition) is 9. The minimum Gasteiger partial charge on any atom is -0.492 e. The number of benzene rings is 3. The quantitative estimate of drug-likeness (QED) is 0.156. The Morgan fingerprint density at radius 3 is 2.00 bits per heavy atom. The van der Waals surface area contributed by atoms with Crippen LogP contribution in [0.3, 0.4) is 0 Å². The van der Waals surface area contributed by atoms with E-state index < -0.39 is 35.5 Å². The number of alkyl halides is 1. The maximum atomic E-state index is 14.1. The zero-order chi connectivity index (χ0) is 28.9. The molecule has 0 spiro atoms. The summed E-state index contributed by atoms with van der Waals surface area (Å²) in [4.78, 5) is 0. The lowest BCUT2D eigenvalue weighted by molar-refractivity contribution is 0.343. The number of rotatable bonds is 11. The lowest BCUT2D eigenvalue weighted by Gasteiger charge is -2.20. The second-order valence-corrected chi connectivity index (χ2v) is 13.3. The molecule has 3 aromatic carbocycles. The van der Waals surface area contributed by atoms with Gasteiger partial charge in [0.05, 0.1) is 17.0 Å². The van der Waals surface area contributed by atoms with E-state index in [1.165, 1.54) is 6.07 Å². The normalized spacial score (nSPS) is 11.5. The van der Waals surface area contributed by atoms with Crippen LogP contribution in [0, 0.1) is 34.3 Å². The van der Waals surface area contributed by atoms with E-state index in [0.717, 1.165) is 47.7 Å². The Labute approximate surface area is 236 Å². The van der Waals surface area contributed by atoms with Crippen molar-refractivity contribution in [3.63, 3.8) is 0 Å². The van der Waals surface area contributed by atoms with E-state index in [1.54, 1.807) is 30.3 Å². The van der Waals surface area contributed by atoms with E-state index in [1.807, 2.05) is 0 Å². The van der Waals surface area contributed by atoms with Crippen molar-refractivity contribution < 1.29 is 35.5 Å². The fourth-order valence-corrected chi connectivity index (χ4v) is 7.81. The minimum atomic E-state index is -4.54. The fourth-order valence-electron chi connectivity index (χ4n) is 3.30. The van der Waals surface area contributed by atoms with Crippen molar-refractivity contribution in [3.8, 4) is 29.4 Å². The zero-order valence-electron chi connectivity index (χ0n) is 20.1. The Hall–Kier alpha value is -3.71. The summed E-state index contributed by atoms with van der Waals surface area (Å²) in [5.41, 5.74) is -0.613. The van der Waals surface area contributed by atoms with E-state index in [-0.39, 0.29) is 39.3 Å². The molecule has 0 aliphatic carbocycles. The molecule has 0 unspecified atom stereocenters. The number of nitrogens with zero attached hydrogens (tertiary/aromatic N) is 2. The first-order valence-electron chi connectivity index (χ1n) is 11.2. The molecule has 0 saturated heterocycles. The molecule has 40 heavy (non-hydrogen) atoms. The summed E-state index contributed by atoms with van der Waals surface area (Å²) in [6.07, 6.45) is -0.934. The van der Waals surface area contributed by atoms with Gasteiger partial charge in [-0.2, -0.15) is 15.2 Å². The number of hydrogen-bond donors (Lipinski definition) is 1. The summed E-state index contributed by atoms with van der Waals surface area (Å²) in [6.45, 7) is 0.269. The van der Waals surface area contributed by atoms with Crippen molar-refractivity contribution in [3.05, 3.63) is 83.4 Å². The largest absolute Gasteiger partial charge is 0.492 e. The van der Waals surface area contributed by atoms with Crippen molar-refractivity contribution in [2.45, 2.75) is 4.21 Å². The molecule has 4 aromatic rings. The average molecular weight is 624 g/mol. The Balaban J connectivity index is 1.61. The lowest BCUT2D eigenvalue weighted by atomic mass is 10.2. The maximum Gasteiger partial charge on any atom is 0.445 e. The second kappa shape index (κ2) is 12.2. The molecule has 0 aliphatic heterocycles. The van der Waals surface area contributed by atoms with Gasteiger partial charge in [0.1, 0.15) is 58.1 Å². The molecule has 1 aromatic heterocycles. The van der Waals surface area contributed by atoms with Gasteiger partial charge < -0.3 is 13.8 Å². The summed E-state index contributed by atoms with van der Waals surface area (Å²) in [7, 11) is -8.81. The van der Waals surface area contributed by atoms with E-state index in [0.29, 0.717) is 15.8 Å². The summed E-state index contributed by atoms with van der Waals surface area (Å²) < 4.78 is 87.1. The molecule has 0 atom stereocenters. The van der Waals surface area contributed by atoms with Crippen molar-refractivity contribution in [1.82, 2.24) is 4.72 Å². The van der Waals surface area contributed by atoms with Crippen LogP contribution in [-0.4, -0.2) is 27.2 Å². The summed E-state index contributed by atoms with van der Waals surface area (Å²) in [5, 5.41) is 18.5. The number of nitriles is 2. The minimum absolute atomic E-state index is 0.114. The molecule has 0 aliphatic rings. The van der Waals surface area contributed by atoms with Gasteiger partial charge in [0.25, 0.3) is 10.0 Å². The second-order valence-electron chi connectivity index (χ2n) is 7.91. The van der Waals surface area contributed by atoms with Gasteiger partial charge in [0.15, 0.2) is 0 Å². The summed E-state index contributed by atoms with van der Waals surface area (Å²) in [6, 6.07) is 15.6. The third-order valence-electron chi connectivity index (χ3n) is 5.14. The smallest absolute Gasteiger partial charge is 0.445 e. The van der Waals surface area contributed by atoms with Crippen LogP contribution in [0.1, 0.15) is 11.1 Å². The predicted molar refractivity (Wildman–Crippen MR) is 144 cm³/mol. The summed E-state index contributed by atoms with van der Waals surface area (Å²) >= 11 is 6.58. The van der Waals surface area contributed by atoms with Gasteiger partial charge in [-0.25, -0.2) is 21.8 Å². The SMILES string of the molecule is N#Cc1ccc(OP(=O)(CNS(=O)(=O)c2cc3cc(OCCCl)ccc3s2)Oc2ccc(C#N)c(F)c2)cc1F. The highest BCUT2D eigenvalue weighted by atomic mass is 35.5. The summed E-state index contributed by atoms with van der Waals surface area (Å²) in [5.74, 6) is -1.84. The van der Waals surface area contributed by atoms with Crippen LogP contribution in [0.25, 0.3) is 10.1 Å². The van der Waals surface area contributed by atoms with Crippen molar-refractivity contribution >= 4 is 50.6 Å². The molecule has 0 saturated carbocycles. The van der Waals surface area contributed by atoms with Crippen LogP contribution in [0.5, 0.6) is 17.2 Å². The van der Waals surface area contributed by atoms with Crippen molar-refractivity contribution in [2.24, 2.45) is 0 Å². The zero-order valence-corrected chi connectivity index (χ0v) is 23.4. The van der Waals surface area contributed by atoms with Gasteiger partial charge in [0, 0.05) is 16.8 Å². The number of thiophene rings is 1. The van der Waals surface area contributed by atoms with Gasteiger partial charge >= 0.3 is 7.60 Å². The van der Waals surface area contributed by atoms with Gasteiger partial charge in [0.2, 0.25) is 0 Å². The van der Waals surface area contributed by atoms with Crippen LogP contribution >= 0.6 is 30.5 Å². The number of ether oxygens (including phenoxy) is 1. The molecular formula is C25H17ClF2N3O6PS2. The molecule has 9 nitrogen and oxygen atoms in total. The molecule has 1 heterocycles. The third kappa shape index (κ3) is 6.89. The Kier molecular flexibility index (Phi) is 8.94. The highest BCUT2D eigenvalue weighted by Crippen LogP contribution is 2.48. The van der Waals surface area contributed by atoms with Crippen LogP contribution < -0.4 is 18.5 Å². The highest BCUT2D eigenvalue weighted by molar-refractivity contribution is 7.92. The topological polar surface area (TPSA) is 139 Å². The van der Waals surface area contributed by atoms with Crippen LogP contribution in [0.4, 0.5) is 8.78 Å². The first kappa shape index (κ1) is 29.3. The van der Waals surface area contributed by atoms with Gasteiger partial charge in [-0.05, 0) is 53.9 Å². The van der Waals surface area contributed by atoms with Crippen molar-refractivity contribution in [2.75, 3.05) is 18.8 Å². The Bertz CT molecular complexity index is 1750. The lowest BCUT2D eigenvalue weighted by Crippen LogP contribution is -2.26. The molecule has 0 fully saturated rings. The van der Waals surface area contributed by atoms with Crippen LogP contribution in [-0.2, 0) is 14.6 Å². The van der Waals surface area contributed by atoms with Gasteiger partial charge in [-0.1, -0.05) is 0 Å². The van der Waals surface area contributed by atoms with Crippen LogP contribution in [0.15, 0.2) is 64.9 Å². The average Bonchev–Trinajstić information content (AvgIpc) is 3.36. The maximum absolute atomic E-state index is 14.1. The van der Waals surface area contributed by atoms with E-state index in [2.05, 4.69) is 4.72 Å². The molecule has 0 bridgehead atoms.